The van der Waals surface area contributed by atoms with Gasteiger partial charge < -0.3 is 10.6 Å². The Kier molecular flexibility index (Phi) is 4.94. The fraction of sp³-hybridized carbons (Fsp3) is 0.278. The van der Waals surface area contributed by atoms with Crippen LogP contribution in [0.5, 0.6) is 0 Å². The van der Waals surface area contributed by atoms with Gasteiger partial charge in [-0.2, -0.15) is 13.2 Å². The van der Waals surface area contributed by atoms with Gasteiger partial charge >= 0.3 is 6.18 Å². The number of benzene rings is 2. The van der Waals surface area contributed by atoms with Crippen molar-refractivity contribution < 1.29 is 18.0 Å². The van der Waals surface area contributed by atoms with Crippen LogP contribution in [0.4, 0.5) is 24.5 Å². The summed E-state index contributed by atoms with van der Waals surface area (Å²) in [6, 6.07) is 10.5. The van der Waals surface area contributed by atoms with E-state index >= 15 is 0 Å². The van der Waals surface area contributed by atoms with E-state index in [1.165, 1.54) is 6.07 Å². The molecule has 3 nitrogen and oxygen atoms in total. The number of fused-ring (bicyclic) bond motifs is 1. The number of anilines is 2. The predicted molar refractivity (Wildman–Crippen MR) is 93.7 cm³/mol. The average Bonchev–Trinajstić information content (AvgIpc) is 2.59. The third-order valence-electron chi connectivity index (χ3n) is 4.11. The van der Waals surface area contributed by atoms with Crippen LogP contribution in [0.3, 0.4) is 0 Å². The molecule has 25 heavy (non-hydrogen) atoms. The Labute approximate surface area is 148 Å². The van der Waals surface area contributed by atoms with Crippen LogP contribution in [0.1, 0.15) is 17.5 Å². The van der Waals surface area contributed by atoms with Crippen LogP contribution in [0.15, 0.2) is 47.4 Å². The molecular formula is C18H17F3N2OS. The Hall–Kier alpha value is -2.15. The van der Waals surface area contributed by atoms with E-state index in [0.29, 0.717) is 17.1 Å². The molecular weight excluding hydrogens is 349 g/mol. The molecule has 3 rings (SSSR count). The normalized spacial score (nSPS) is 14.3. The van der Waals surface area contributed by atoms with Gasteiger partial charge in [-0.15, -0.1) is 11.8 Å². The molecule has 1 heterocycles. The maximum atomic E-state index is 12.8. The number of carbonyl (C=O) groups excluding carboxylic acids is 1. The van der Waals surface area contributed by atoms with Gasteiger partial charge in [0.2, 0.25) is 5.91 Å². The standard InChI is InChI=1S/C18H17F3N2OS/c19-18(20,21)12-4-1-5-13(10-12)25-11-17(24)23-9-3-6-14-15(22)7-2-8-16(14)23/h1-2,4-5,7-8,10H,3,6,9,11,22H2. The molecule has 1 aliphatic heterocycles. The van der Waals surface area contributed by atoms with Gasteiger partial charge in [0, 0.05) is 22.8 Å². The highest BCUT2D eigenvalue weighted by molar-refractivity contribution is 8.00. The van der Waals surface area contributed by atoms with E-state index < -0.39 is 11.7 Å². The van der Waals surface area contributed by atoms with Gasteiger partial charge in [0.05, 0.1) is 11.3 Å². The fourth-order valence-electron chi connectivity index (χ4n) is 2.90. The molecule has 0 bridgehead atoms. The van der Waals surface area contributed by atoms with Gasteiger partial charge in [-0.3, -0.25) is 4.79 Å². The molecule has 0 aromatic heterocycles. The zero-order valence-corrected chi connectivity index (χ0v) is 14.2. The highest BCUT2D eigenvalue weighted by Crippen LogP contribution is 2.34. The molecule has 0 unspecified atom stereocenters. The van der Waals surface area contributed by atoms with E-state index in [-0.39, 0.29) is 11.7 Å². The minimum Gasteiger partial charge on any atom is -0.398 e. The Morgan fingerprint density at radius 3 is 2.72 bits per heavy atom. The van der Waals surface area contributed by atoms with Gasteiger partial charge in [0.25, 0.3) is 0 Å². The zero-order chi connectivity index (χ0) is 18.0. The van der Waals surface area contributed by atoms with Crippen molar-refractivity contribution >= 4 is 29.0 Å². The van der Waals surface area contributed by atoms with Crippen LogP contribution >= 0.6 is 11.8 Å². The number of amides is 1. The van der Waals surface area contributed by atoms with Gasteiger partial charge in [-0.25, -0.2) is 0 Å². The van der Waals surface area contributed by atoms with Gasteiger partial charge in [-0.05, 0) is 48.7 Å². The molecule has 0 atom stereocenters. The number of nitrogen functional groups attached to an aromatic ring is 1. The second kappa shape index (κ2) is 7.00. The molecule has 0 aliphatic carbocycles. The van der Waals surface area contributed by atoms with Crippen LogP contribution in [0.25, 0.3) is 0 Å². The van der Waals surface area contributed by atoms with Gasteiger partial charge in [0.15, 0.2) is 0 Å². The first-order valence-corrected chi connectivity index (χ1v) is 8.82. The number of alkyl halides is 3. The van der Waals surface area contributed by atoms with Crippen molar-refractivity contribution in [3.05, 3.63) is 53.6 Å². The number of nitrogens with two attached hydrogens (primary N) is 1. The molecule has 1 aliphatic rings. The van der Waals surface area contributed by atoms with Crippen molar-refractivity contribution in [2.24, 2.45) is 0 Å². The maximum absolute atomic E-state index is 12.8. The number of hydrogen-bond donors (Lipinski definition) is 1. The third kappa shape index (κ3) is 3.92. The average molecular weight is 366 g/mol. The minimum atomic E-state index is -4.39. The van der Waals surface area contributed by atoms with E-state index in [2.05, 4.69) is 0 Å². The molecule has 2 N–H and O–H groups in total. The second-order valence-corrected chi connectivity index (χ2v) is 6.86. The zero-order valence-electron chi connectivity index (χ0n) is 13.3. The second-order valence-electron chi connectivity index (χ2n) is 5.81. The summed E-state index contributed by atoms with van der Waals surface area (Å²) >= 11 is 1.11. The van der Waals surface area contributed by atoms with E-state index in [1.807, 2.05) is 12.1 Å². The molecule has 2 aromatic rings. The largest absolute Gasteiger partial charge is 0.416 e. The van der Waals surface area contributed by atoms with E-state index in [1.54, 1.807) is 17.0 Å². The molecule has 7 heteroatoms. The van der Waals surface area contributed by atoms with Crippen LogP contribution in [0.2, 0.25) is 0 Å². The van der Waals surface area contributed by atoms with E-state index in [0.717, 1.165) is 48.0 Å². The molecule has 2 aromatic carbocycles. The van der Waals surface area contributed by atoms with Crippen LogP contribution < -0.4 is 10.6 Å². The number of halogens is 3. The number of thioether (sulfide) groups is 1. The number of hydrogen-bond acceptors (Lipinski definition) is 3. The summed E-state index contributed by atoms with van der Waals surface area (Å²) in [7, 11) is 0. The van der Waals surface area contributed by atoms with Gasteiger partial charge in [-0.1, -0.05) is 12.1 Å². The highest BCUT2D eigenvalue weighted by atomic mass is 32.2. The molecule has 0 spiro atoms. The Bertz CT molecular complexity index is 792. The Morgan fingerprint density at radius 1 is 1.20 bits per heavy atom. The summed E-state index contributed by atoms with van der Waals surface area (Å²) in [4.78, 5) is 14.7. The number of rotatable bonds is 3. The van der Waals surface area contributed by atoms with Crippen molar-refractivity contribution in [3.63, 3.8) is 0 Å². The first kappa shape index (κ1) is 17.7. The SMILES string of the molecule is Nc1cccc2c1CCCN2C(=O)CSc1cccc(C(F)(F)F)c1. The number of carbonyl (C=O) groups is 1. The lowest BCUT2D eigenvalue weighted by Gasteiger charge is -2.30. The first-order valence-electron chi connectivity index (χ1n) is 7.84. The van der Waals surface area contributed by atoms with Crippen LogP contribution in [-0.2, 0) is 17.4 Å². The lowest BCUT2D eigenvalue weighted by molar-refractivity contribution is -0.137. The summed E-state index contributed by atoms with van der Waals surface area (Å²) in [5, 5.41) is 0. The smallest absolute Gasteiger partial charge is 0.398 e. The monoisotopic (exact) mass is 366 g/mol. The Balaban J connectivity index is 1.72. The van der Waals surface area contributed by atoms with Gasteiger partial charge in [0.1, 0.15) is 0 Å². The first-order chi connectivity index (χ1) is 11.9. The Morgan fingerprint density at radius 2 is 1.96 bits per heavy atom. The molecule has 0 saturated carbocycles. The molecule has 0 radical (unpaired) electrons. The lowest BCUT2D eigenvalue weighted by atomic mass is 10.00. The van der Waals surface area contributed by atoms with E-state index in [4.69, 9.17) is 5.73 Å². The highest BCUT2D eigenvalue weighted by Gasteiger charge is 2.30. The summed E-state index contributed by atoms with van der Waals surface area (Å²) in [5.41, 5.74) is 7.71. The summed E-state index contributed by atoms with van der Waals surface area (Å²) in [6.07, 6.45) is -2.74. The van der Waals surface area contributed by atoms with E-state index in [9.17, 15) is 18.0 Å². The van der Waals surface area contributed by atoms with Crippen molar-refractivity contribution in [2.75, 3.05) is 22.9 Å². The lowest BCUT2D eigenvalue weighted by Crippen LogP contribution is -2.36. The summed E-state index contributed by atoms with van der Waals surface area (Å²) in [5.74, 6) is -0.0517. The summed E-state index contributed by atoms with van der Waals surface area (Å²) in [6.45, 7) is 0.596. The van der Waals surface area contributed by atoms with Crippen LogP contribution in [0, 0.1) is 0 Å². The maximum Gasteiger partial charge on any atom is 0.416 e. The van der Waals surface area contributed by atoms with Crippen LogP contribution in [-0.4, -0.2) is 18.2 Å². The topological polar surface area (TPSA) is 46.3 Å². The fourth-order valence-corrected chi connectivity index (χ4v) is 3.73. The molecule has 1 amide bonds. The quantitative estimate of drug-likeness (QED) is 0.649. The third-order valence-corrected chi connectivity index (χ3v) is 5.09. The van der Waals surface area contributed by atoms with Crippen molar-refractivity contribution in [1.82, 2.24) is 0 Å². The van der Waals surface area contributed by atoms with Crippen molar-refractivity contribution in [2.45, 2.75) is 23.9 Å². The molecule has 132 valence electrons. The molecule has 0 fully saturated rings. The van der Waals surface area contributed by atoms with Crippen molar-refractivity contribution in [3.8, 4) is 0 Å². The summed E-state index contributed by atoms with van der Waals surface area (Å²) < 4.78 is 38.3. The minimum absolute atomic E-state index is 0.0789. The van der Waals surface area contributed by atoms with Crippen molar-refractivity contribution in [1.29, 1.82) is 0 Å². The predicted octanol–water partition coefficient (Wildman–Crippen LogP) is 4.36. The number of nitrogens with zero attached hydrogens (tertiary/aromatic N) is 1. The molecule has 0 saturated heterocycles.